The second-order valence-corrected chi connectivity index (χ2v) is 7.54. The molecule has 0 atom stereocenters. The van der Waals surface area contributed by atoms with Gasteiger partial charge in [-0.1, -0.05) is 29.8 Å². The van der Waals surface area contributed by atoms with E-state index in [-0.39, 0.29) is 22.8 Å². The van der Waals surface area contributed by atoms with Gasteiger partial charge in [0.05, 0.1) is 10.9 Å². The number of rotatable bonds is 3. The molecule has 0 bridgehead atoms. The Hall–Kier alpha value is -2.64. The molecule has 2 aromatic carbocycles. The van der Waals surface area contributed by atoms with Gasteiger partial charge < -0.3 is 14.8 Å². The molecule has 1 amide bonds. The maximum absolute atomic E-state index is 12.8. The number of amides is 1. The molecular weight excluding hydrogens is 396 g/mol. The Kier molecular flexibility index (Phi) is 5.19. The van der Waals surface area contributed by atoms with Crippen molar-refractivity contribution in [1.82, 2.24) is 14.5 Å². The second kappa shape index (κ2) is 7.77. The highest BCUT2D eigenvalue weighted by Gasteiger charge is 2.22. The minimum atomic E-state index is -0.245. The third-order valence-electron chi connectivity index (χ3n) is 4.99. The van der Waals surface area contributed by atoms with Crippen LogP contribution >= 0.6 is 23.8 Å². The lowest BCUT2D eigenvalue weighted by molar-refractivity contribution is -0.132. The average Bonchev–Trinajstić information content (AvgIpc) is 2.71. The number of nitrogens with one attached hydrogen (secondary N) is 1. The third-order valence-corrected chi connectivity index (χ3v) is 5.55. The summed E-state index contributed by atoms with van der Waals surface area (Å²) in [6.45, 7) is 2.54. The van der Waals surface area contributed by atoms with Crippen LogP contribution in [0.15, 0.2) is 53.3 Å². The van der Waals surface area contributed by atoms with Crippen molar-refractivity contribution in [3.05, 3.63) is 68.7 Å². The van der Waals surface area contributed by atoms with E-state index in [2.05, 4.69) is 9.88 Å². The molecule has 28 heavy (non-hydrogen) atoms. The molecule has 3 aromatic rings. The lowest BCUT2D eigenvalue weighted by Crippen LogP contribution is -2.50. The molecule has 0 unspecified atom stereocenters. The molecule has 1 aromatic heterocycles. The first-order valence-electron chi connectivity index (χ1n) is 9.03. The van der Waals surface area contributed by atoms with Gasteiger partial charge in [0.15, 0.2) is 4.77 Å². The van der Waals surface area contributed by atoms with Gasteiger partial charge in [-0.3, -0.25) is 14.2 Å². The van der Waals surface area contributed by atoms with Crippen molar-refractivity contribution >= 4 is 46.3 Å². The Morgan fingerprint density at radius 3 is 2.57 bits per heavy atom. The minimum absolute atomic E-state index is 0.0594. The summed E-state index contributed by atoms with van der Waals surface area (Å²) in [5.74, 6) is -0.109. The summed E-state index contributed by atoms with van der Waals surface area (Å²) in [5, 5.41) is 1.22. The molecule has 0 saturated carbocycles. The Bertz CT molecular complexity index is 1150. The van der Waals surface area contributed by atoms with E-state index in [9.17, 15) is 9.59 Å². The highest BCUT2D eigenvalue weighted by Crippen LogP contribution is 2.20. The van der Waals surface area contributed by atoms with Crippen LogP contribution in [0.4, 0.5) is 5.69 Å². The van der Waals surface area contributed by atoms with Crippen LogP contribution in [0.5, 0.6) is 0 Å². The van der Waals surface area contributed by atoms with Gasteiger partial charge in [-0.25, -0.2) is 0 Å². The number of hydrogen-bond acceptors (Lipinski definition) is 4. The molecule has 0 aliphatic carbocycles. The van der Waals surface area contributed by atoms with Crippen LogP contribution in [0.1, 0.15) is 0 Å². The molecule has 1 fully saturated rings. The van der Waals surface area contributed by atoms with Crippen LogP contribution in [-0.2, 0) is 11.3 Å². The highest BCUT2D eigenvalue weighted by atomic mass is 35.5. The van der Waals surface area contributed by atoms with E-state index in [4.69, 9.17) is 23.8 Å². The number of H-pyrrole nitrogens is 1. The summed E-state index contributed by atoms with van der Waals surface area (Å²) in [7, 11) is 0. The molecule has 1 saturated heterocycles. The molecule has 6 nitrogen and oxygen atoms in total. The Morgan fingerprint density at radius 1 is 1.07 bits per heavy atom. The molecule has 144 valence electrons. The number of anilines is 1. The standard InChI is InChI=1S/C20H19ClN4O2S/c21-14-4-3-5-15(12-14)23-8-10-24(11-9-23)18(26)13-25-19(27)16-6-1-2-7-17(16)22-20(25)28/h1-7,12H,8-11,13H2,(H,22,28). The lowest BCUT2D eigenvalue weighted by Gasteiger charge is -2.36. The fraction of sp³-hybridized carbons (Fsp3) is 0.250. The topological polar surface area (TPSA) is 61.3 Å². The predicted molar refractivity (Wildman–Crippen MR) is 114 cm³/mol. The molecule has 0 radical (unpaired) electrons. The van der Waals surface area contributed by atoms with E-state index in [1.807, 2.05) is 30.3 Å². The Labute approximate surface area is 172 Å². The van der Waals surface area contributed by atoms with Crippen molar-refractivity contribution < 1.29 is 4.79 Å². The number of aromatic nitrogens is 2. The molecule has 1 N–H and O–H groups in total. The van der Waals surface area contributed by atoms with Crippen molar-refractivity contribution in [3.63, 3.8) is 0 Å². The summed E-state index contributed by atoms with van der Waals surface area (Å²) in [6.07, 6.45) is 0. The molecule has 4 rings (SSSR count). The maximum atomic E-state index is 12.8. The molecular formula is C20H19ClN4O2S. The molecule has 2 heterocycles. The predicted octanol–water partition coefficient (Wildman–Crippen LogP) is 3.06. The van der Waals surface area contributed by atoms with Gasteiger partial charge in [-0.15, -0.1) is 0 Å². The molecule has 0 spiro atoms. The molecule has 8 heteroatoms. The van der Waals surface area contributed by atoms with Gasteiger partial charge in [-0.2, -0.15) is 0 Å². The Morgan fingerprint density at radius 2 is 1.82 bits per heavy atom. The molecule has 1 aliphatic rings. The second-order valence-electron chi connectivity index (χ2n) is 6.71. The monoisotopic (exact) mass is 414 g/mol. The van der Waals surface area contributed by atoms with Crippen molar-refractivity contribution in [3.8, 4) is 0 Å². The lowest BCUT2D eigenvalue weighted by atomic mass is 10.2. The third kappa shape index (κ3) is 3.68. The van der Waals surface area contributed by atoms with E-state index < -0.39 is 0 Å². The first-order chi connectivity index (χ1) is 13.5. The quantitative estimate of drug-likeness (QED) is 0.669. The normalized spacial score (nSPS) is 14.5. The summed E-state index contributed by atoms with van der Waals surface area (Å²) >= 11 is 11.4. The van der Waals surface area contributed by atoms with Crippen molar-refractivity contribution in [2.45, 2.75) is 6.54 Å². The summed E-state index contributed by atoms with van der Waals surface area (Å²) in [5.41, 5.74) is 1.48. The number of halogens is 1. The highest BCUT2D eigenvalue weighted by molar-refractivity contribution is 7.71. The fourth-order valence-electron chi connectivity index (χ4n) is 3.46. The van der Waals surface area contributed by atoms with Gasteiger partial charge in [0.1, 0.15) is 6.54 Å². The summed E-state index contributed by atoms with van der Waals surface area (Å²) < 4.78 is 1.60. The largest absolute Gasteiger partial charge is 0.368 e. The average molecular weight is 415 g/mol. The van der Waals surface area contributed by atoms with E-state index in [0.29, 0.717) is 42.1 Å². The zero-order valence-corrected chi connectivity index (χ0v) is 16.7. The number of benzene rings is 2. The van der Waals surface area contributed by atoms with Gasteiger partial charge in [-0.05, 0) is 42.5 Å². The number of aromatic amines is 1. The van der Waals surface area contributed by atoms with E-state index in [1.54, 1.807) is 23.1 Å². The number of carbonyl (C=O) groups excluding carboxylic acids is 1. The van der Waals surface area contributed by atoms with Crippen LogP contribution in [0.3, 0.4) is 0 Å². The fourth-order valence-corrected chi connectivity index (χ4v) is 3.91. The zero-order chi connectivity index (χ0) is 19.7. The van der Waals surface area contributed by atoms with Gasteiger partial charge in [0.2, 0.25) is 5.91 Å². The van der Waals surface area contributed by atoms with Crippen LogP contribution < -0.4 is 10.5 Å². The van der Waals surface area contributed by atoms with Crippen LogP contribution in [0.2, 0.25) is 5.02 Å². The first kappa shape index (κ1) is 18.7. The molecule has 1 aliphatic heterocycles. The smallest absolute Gasteiger partial charge is 0.262 e. The van der Waals surface area contributed by atoms with Crippen LogP contribution in [0, 0.1) is 4.77 Å². The number of piperazine rings is 1. The summed E-state index contributed by atoms with van der Waals surface area (Å²) in [6, 6.07) is 14.9. The number of carbonyl (C=O) groups is 1. The number of hydrogen-bond donors (Lipinski definition) is 1. The van der Waals surface area contributed by atoms with Crippen LogP contribution in [-0.4, -0.2) is 46.5 Å². The number of nitrogens with zero attached hydrogens (tertiary/aromatic N) is 3. The Balaban J connectivity index is 1.48. The zero-order valence-electron chi connectivity index (χ0n) is 15.1. The minimum Gasteiger partial charge on any atom is -0.368 e. The first-order valence-corrected chi connectivity index (χ1v) is 9.82. The van der Waals surface area contributed by atoms with Gasteiger partial charge in [0.25, 0.3) is 5.56 Å². The van der Waals surface area contributed by atoms with Gasteiger partial charge >= 0.3 is 0 Å². The number of para-hydroxylation sites is 1. The summed E-state index contributed by atoms with van der Waals surface area (Å²) in [4.78, 5) is 32.5. The number of fused-ring (bicyclic) bond motifs is 1. The van der Waals surface area contributed by atoms with Crippen LogP contribution in [0.25, 0.3) is 10.9 Å². The van der Waals surface area contributed by atoms with Crippen molar-refractivity contribution in [2.24, 2.45) is 0 Å². The van der Waals surface area contributed by atoms with Crippen molar-refractivity contribution in [1.29, 1.82) is 0 Å². The SMILES string of the molecule is O=C(Cn1c(=S)[nH]c2ccccc2c1=O)N1CCN(c2cccc(Cl)c2)CC1. The van der Waals surface area contributed by atoms with E-state index in [0.717, 1.165) is 5.69 Å². The maximum Gasteiger partial charge on any atom is 0.262 e. The van der Waals surface area contributed by atoms with E-state index in [1.165, 1.54) is 4.57 Å². The van der Waals surface area contributed by atoms with Crippen molar-refractivity contribution in [2.75, 3.05) is 31.1 Å². The van der Waals surface area contributed by atoms with E-state index >= 15 is 0 Å². The van der Waals surface area contributed by atoms with Gasteiger partial charge in [0, 0.05) is 36.9 Å².